The molecule has 62 valence electrons. The third kappa shape index (κ3) is 1.66. The van der Waals surface area contributed by atoms with Crippen LogP contribution in [0.5, 0.6) is 0 Å². The summed E-state index contributed by atoms with van der Waals surface area (Å²) in [5.74, 6) is -0.0579. The maximum Gasteiger partial charge on any atom is 0.256 e. The first kappa shape index (κ1) is 9.82. The van der Waals surface area contributed by atoms with E-state index in [1.807, 2.05) is 0 Å². The highest BCUT2D eigenvalue weighted by atomic mass is 19.3. The van der Waals surface area contributed by atoms with Gasteiger partial charge in [0, 0.05) is 0 Å². The van der Waals surface area contributed by atoms with Crippen LogP contribution < -0.4 is 5.32 Å². The van der Waals surface area contributed by atoms with Crippen molar-refractivity contribution < 1.29 is 8.78 Å². The summed E-state index contributed by atoms with van der Waals surface area (Å²) in [7, 11) is 1.56. The number of halogens is 2. The number of hydrogen-bond acceptors (Lipinski definition) is 1. The van der Waals surface area contributed by atoms with E-state index in [-0.39, 0.29) is 5.92 Å². The number of rotatable bonds is 3. The Kier molecular flexibility index (Phi) is 3.22. The van der Waals surface area contributed by atoms with Crippen molar-refractivity contribution in [3.05, 3.63) is 0 Å². The summed E-state index contributed by atoms with van der Waals surface area (Å²) in [5, 5.41) is 2.63. The van der Waals surface area contributed by atoms with Gasteiger partial charge in [-0.2, -0.15) is 0 Å². The van der Waals surface area contributed by atoms with Crippen LogP contribution in [-0.4, -0.2) is 19.0 Å². The maximum atomic E-state index is 12.3. The SMILES string of the molecule is CNC(C)(C(C)C)C(F)F. The summed E-state index contributed by atoms with van der Waals surface area (Å²) in [6.45, 7) is 5.09. The van der Waals surface area contributed by atoms with Crippen LogP contribution in [-0.2, 0) is 0 Å². The number of hydrogen-bond donors (Lipinski definition) is 1. The van der Waals surface area contributed by atoms with Gasteiger partial charge in [-0.1, -0.05) is 13.8 Å². The largest absolute Gasteiger partial charge is 0.309 e. The predicted octanol–water partition coefficient (Wildman–Crippen LogP) is 1.89. The highest BCUT2D eigenvalue weighted by molar-refractivity contribution is 4.87. The molecule has 0 heterocycles. The summed E-state index contributed by atoms with van der Waals surface area (Å²) < 4.78 is 24.5. The van der Waals surface area contributed by atoms with Gasteiger partial charge in [0.25, 0.3) is 6.43 Å². The second kappa shape index (κ2) is 3.28. The van der Waals surface area contributed by atoms with Crippen LogP contribution in [0.2, 0.25) is 0 Å². The molecule has 10 heavy (non-hydrogen) atoms. The normalized spacial score (nSPS) is 18.0. The minimum Gasteiger partial charge on any atom is -0.309 e. The summed E-state index contributed by atoms with van der Waals surface area (Å²) in [6, 6.07) is 0. The molecule has 0 radical (unpaired) electrons. The smallest absolute Gasteiger partial charge is 0.256 e. The van der Waals surface area contributed by atoms with E-state index in [1.54, 1.807) is 20.9 Å². The zero-order valence-electron chi connectivity index (χ0n) is 6.91. The van der Waals surface area contributed by atoms with E-state index >= 15 is 0 Å². The summed E-state index contributed by atoms with van der Waals surface area (Å²) in [5.41, 5.74) is -1.04. The van der Waals surface area contributed by atoms with Crippen LogP contribution in [0.3, 0.4) is 0 Å². The van der Waals surface area contributed by atoms with Crippen LogP contribution in [0, 0.1) is 5.92 Å². The molecule has 1 N–H and O–H groups in total. The van der Waals surface area contributed by atoms with Crippen LogP contribution in [0.4, 0.5) is 8.78 Å². The van der Waals surface area contributed by atoms with Crippen LogP contribution in [0.25, 0.3) is 0 Å². The fourth-order valence-corrected chi connectivity index (χ4v) is 0.650. The molecule has 3 heteroatoms. The molecule has 0 aromatic heterocycles. The van der Waals surface area contributed by atoms with E-state index in [9.17, 15) is 8.78 Å². The Morgan fingerprint density at radius 2 is 1.70 bits per heavy atom. The van der Waals surface area contributed by atoms with Gasteiger partial charge in [0.15, 0.2) is 0 Å². The molecule has 1 nitrogen and oxygen atoms in total. The fourth-order valence-electron chi connectivity index (χ4n) is 0.650. The minimum atomic E-state index is -2.31. The quantitative estimate of drug-likeness (QED) is 0.649. The van der Waals surface area contributed by atoms with Gasteiger partial charge in [0.05, 0.1) is 5.54 Å². The zero-order chi connectivity index (χ0) is 8.36. The van der Waals surface area contributed by atoms with Crippen LogP contribution in [0.15, 0.2) is 0 Å². The van der Waals surface area contributed by atoms with Gasteiger partial charge in [-0.05, 0) is 19.9 Å². The Morgan fingerprint density at radius 3 is 1.70 bits per heavy atom. The van der Waals surface area contributed by atoms with Crippen molar-refractivity contribution in [3.63, 3.8) is 0 Å². The summed E-state index contributed by atoms with van der Waals surface area (Å²) in [6.07, 6.45) is -2.31. The van der Waals surface area contributed by atoms with Crippen LogP contribution in [0.1, 0.15) is 20.8 Å². The van der Waals surface area contributed by atoms with Crippen molar-refractivity contribution in [2.24, 2.45) is 5.92 Å². The lowest BCUT2D eigenvalue weighted by atomic mass is 9.89. The standard InChI is InChI=1S/C7H15F2N/c1-5(2)7(3,10-4)6(8)9/h5-6,10H,1-4H3. The Balaban J connectivity index is 4.23. The Bertz CT molecular complexity index is 93.8. The van der Waals surface area contributed by atoms with E-state index in [4.69, 9.17) is 0 Å². The van der Waals surface area contributed by atoms with E-state index in [2.05, 4.69) is 5.32 Å². The number of alkyl halides is 2. The molecule has 0 amide bonds. The van der Waals surface area contributed by atoms with Gasteiger partial charge in [-0.25, -0.2) is 8.78 Å². The van der Waals surface area contributed by atoms with Crippen molar-refractivity contribution >= 4 is 0 Å². The second-order valence-corrected chi connectivity index (χ2v) is 2.99. The van der Waals surface area contributed by atoms with E-state index in [0.717, 1.165) is 0 Å². The molecule has 1 unspecified atom stereocenters. The molecule has 0 rings (SSSR count). The first-order valence-corrected chi connectivity index (χ1v) is 3.42. The monoisotopic (exact) mass is 151 g/mol. The molecule has 0 spiro atoms. The first-order chi connectivity index (χ1) is 4.45. The zero-order valence-corrected chi connectivity index (χ0v) is 6.91. The van der Waals surface area contributed by atoms with Gasteiger partial charge in [-0.3, -0.25) is 0 Å². The van der Waals surface area contributed by atoms with Gasteiger partial charge in [0.1, 0.15) is 0 Å². The molecule has 0 aliphatic rings. The summed E-state index contributed by atoms with van der Waals surface area (Å²) >= 11 is 0. The fraction of sp³-hybridized carbons (Fsp3) is 1.00. The maximum absolute atomic E-state index is 12.3. The van der Waals surface area contributed by atoms with E-state index in [1.165, 1.54) is 6.92 Å². The second-order valence-electron chi connectivity index (χ2n) is 2.99. The lowest BCUT2D eigenvalue weighted by Crippen LogP contribution is -2.50. The third-order valence-electron chi connectivity index (χ3n) is 2.19. The predicted molar refractivity (Wildman–Crippen MR) is 38.3 cm³/mol. The van der Waals surface area contributed by atoms with Crippen molar-refractivity contribution in [1.29, 1.82) is 0 Å². The topological polar surface area (TPSA) is 12.0 Å². The Morgan fingerprint density at radius 1 is 1.30 bits per heavy atom. The average Bonchev–Trinajstić information content (AvgIpc) is 1.85. The molecule has 0 aromatic carbocycles. The van der Waals surface area contributed by atoms with Crippen molar-refractivity contribution in [3.8, 4) is 0 Å². The molecule has 0 aliphatic heterocycles. The molecule has 0 aromatic rings. The highest BCUT2D eigenvalue weighted by Gasteiger charge is 2.36. The molecule has 0 bridgehead atoms. The van der Waals surface area contributed by atoms with Gasteiger partial charge < -0.3 is 5.32 Å². The van der Waals surface area contributed by atoms with Crippen LogP contribution >= 0.6 is 0 Å². The lowest BCUT2D eigenvalue weighted by Gasteiger charge is -2.32. The molecular formula is C7H15F2N. The lowest BCUT2D eigenvalue weighted by molar-refractivity contribution is 0.0177. The number of nitrogens with one attached hydrogen (secondary N) is 1. The molecular weight excluding hydrogens is 136 g/mol. The first-order valence-electron chi connectivity index (χ1n) is 3.42. The molecule has 0 aliphatic carbocycles. The molecule has 1 atom stereocenters. The van der Waals surface area contributed by atoms with Crippen molar-refractivity contribution in [2.75, 3.05) is 7.05 Å². The highest BCUT2D eigenvalue weighted by Crippen LogP contribution is 2.23. The van der Waals surface area contributed by atoms with Gasteiger partial charge >= 0.3 is 0 Å². The molecule has 0 fully saturated rings. The van der Waals surface area contributed by atoms with E-state index in [0.29, 0.717) is 0 Å². The Labute approximate surface area is 60.8 Å². The Hall–Kier alpha value is -0.180. The molecule has 0 saturated carbocycles. The van der Waals surface area contributed by atoms with Gasteiger partial charge in [-0.15, -0.1) is 0 Å². The minimum absolute atomic E-state index is 0.0579. The van der Waals surface area contributed by atoms with E-state index < -0.39 is 12.0 Å². The van der Waals surface area contributed by atoms with Crippen molar-refractivity contribution in [2.45, 2.75) is 32.7 Å². The average molecular weight is 151 g/mol. The van der Waals surface area contributed by atoms with Crippen molar-refractivity contribution in [1.82, 2.24) is 5.32 Å². The molecule has 0 saturated heterocycles. The third-order valence-corrected chi connectivity index (χ3v) is 2.19. The van der Waals surface area contributed by atoms with Gasteiger partial charge in [0.2, 0.25) is 0 Å². The summed E-state index contributed by atoms with van der Waals surface area (Å²) in [4.78, 5) is 0.